The lowest BCUT2D eigenvalue weighted by Gasteiger charge is -2.32. The van der Waals surface area contributed by atoms with Crippen LogP contribution in [-0.4, -0.2) is 27.9 Å². The van der Waals surface area contributed by atoms with Crippen LogP contribution in [-0.2, 0) is 9.59 Å². The van der Waals surface area contributed by atoms with Crippen molar-refractivity contribution in [2.75, 3.05) is 0 Å². The van der Waals surface area contributed by atoms with Gasteiger partial charge in [-0.3, -0.25) is 4.79 Å². The average molecular weight is 349 g/mol. The zero-order valence-electron chi connectivity index (χ0n) is 10.9. The number of carboxylic acids is 1. The molecule has 0 aliphatic rings. The summed E-state index contributed by atoms with van der Waals surface area (Å²) in [4.78, 5) is 24.6. The van der Waals surface area contributed by atoms with Crippen LogP contribution in [0, 0.1) is 0 Å². The van der Waals surface area contributed by atoms with Crippen LogP contribution in [0.15, 0.2) is 22.7 Å². The Labute approximate surface area is 125 Å². The van der Waals surface area contributed by atoms with Gasteiger partial charge in [0, 0.05) is 28.0 Å². The standard InChI is InChI=1S/C13H15BrClNO3/c1-7(2)16(8(3)17)12(13(18)19)10-6-9(14)4-5-11(10)15/h4-7,12H,1-3H3,(H,18,19). The second-order valence-electron chi connectivity index (χ2n) is 4.43. The van der Waals surface area contributed by atoms with E-state index in [2.05, 4.69) is 15.9 Å². The molecule has 6 heteroatoms. The number of carbonyl (C=O) groups is 2. The van der Waals surface area contributed by atoms with Gasteiger partial charge in [0.05, 0.1) is 0 Å². The minimum atomic E-state index is -1.11. The van der Waals surface area contributed by atoms with E-state index in [1.165, 1.54) is 11.8 Å². The molecular formula is C13H15BrClNO3. The molecule has 0 saturated carbocycles. The molecule has 104 valence electrons. The number of nitrogens with zero attached hydrogens (tertiary/aromatic N) is 1. The Hall–Kier alpha value is -1.07. The molecule has 1 aromatic carbocycles. The Morgan fingerprint density at radius 2 is 1.95 bits per heavy atom. The molecule has 0 saturated heterocycles. The number of carbonyl (C=O) groups excluding carboxylic acids is 1. The summed E-state index contributed by atoms with van der Waals surface area (Å²) in [6, 6.07) is 3.61. The van der Waals surface area contributed by atoms with Gasteiger partial charge in [0.1, 0.15) is 0 Å². The molecule has 0 spiro atoms. The van der Waals surface area contributed by atoms with Crippen molar-refractivity contribution < 1.29 is 14.7 Å². The Balaban J connectivity index is 3.38. The first kappa shape index (κ1) is 16.0. The summed E-state index contributed by atoms with van der Waals surface area (Å²) >= 11 is 9.35. The zero-order chi connectivity index (χ0) is 14.7. The zero-order valence-corrected chi connectivity index (χ0v) is 13.2. The number of halogens is 2. The normalized spacial score (nSPS) is 12.3. The van der Waals surface area contributed by atoms with Crippen molar-refractivity contribution in [3.8, 4) is 0 Å². The molecule has 0 fully saturated rings. The van der Waals surface area contributed by atoms with Crippen molar-refractivity contribution in [2.24, 2.45) is 0 Å². The molecule has 0 heterocycles. The lowest BCUT2D eigenvalue weighted by molar-refractivity contribution is -0.151. The summed E-state index contributed by atoms with van der Waals surface area (Å²) in [7, 11) is 0. The van der Waals surface area contributed by atoms with E-state index >= 15 is 0 Å². The van der Waals surface area contributed by atoms with Crippen molar-refractivity contribution in [3.63, 3.8) is 0 Å². The third-order valence-electron chi connectivity index (χ3n) is 2.68. The fraction of sp³-hybridized carbons (Fsp3) is 0.385. The predicted molar refractivity (Wildman–Crippen MR) is 77.2 cm³/mol. The first-order chi connectivity index (χ1) is 8.75. The van der Waals surface area contributed by atoms with Gasteiger partial charge in [-0.15, -0.1) is 0 Å². The van der Waals surface area contributed by atoms with E-state index in [1.54, 1.807) is 32.0 Å². The Kier molecular flexibility index (Phi) is 5.38. The fourth-order valence-corrected chi connectivity index (χ4v) is 2.57. The highest BCUT2D eigenvalue weighted by Gasteiger charge is 2.32. The Bertz CT molecular complexity index is 505. The molecule has 0 aliphatic heterocycles. The second kappa shape index (κ2) is 6.39. The first-order valence-electron chi connectivity index (χ1n) is 5.72. The summed E-state index contributed by atoms with van der Waals surface area (Å²) in [6.07, 6.45) is 0. The number of hydrogen-bond donors (Lipinski definition) is 1. The van der Waals surface area contributed by atoms with Gasteiger partial charge >= 0.3 is 5.97 Å². The van der Waals surface area contributed by atoms with Crippen molar-refractivity contribution in [2.45, 2.75) is 32.9 Å². The van der Waals surface area contributed by atoms with Crippen LogP contribution in [0.25, 0.3) is 0 Å². The molecule has 0 radical (unpaired) electrons. The monoisotopic (exact) mass is 347 g/mol. The number of rotatable bonds is 4. The van der Waals surface area contributed by atoms with Crippen LogP contribution in [0.5, 0.6) is 0 Å². The van der Waals surface area contributed by atoms with E-state index in [0.29, 0.717) is 15.1 Å². The van der Waals surface area contributed by atoms with Gasteiger partial charge in [0.2, 0.25) is 5.91 Å². The summed E-state index contributed by atoms with van der Waals surface area (Å²) < 4.78 is 0.713. The van der Waals surface area contributed by atoms with Gasteiger partial charge in [-0.1, -0.05) is 27.5 Å². The highest BCUT2D eigenvalue weighted by Crippen LogP contribution is 2.31. The third-order valence-corrected chi connectivity index (χ3v) is 3.52. The number of carboxylic acid groups (broad SMARTS) is 1. The number of hydrogen-bond acceptors (Lipinski definition) is 2. The van der Waals surface area contributed by atoms with Gasteiger partial charge in [0.25, 0.3) is 0 Å². The summed E-state index contributed by atoms with van der Waals surface area (Å²) in [6.45, 7) is 4.88. The highest BCUT2D eigenvalue weighted by molar-refractivity contribution is 9.10. The van der Waals surface area contributed by atoms with Crippen molar-refractivity contribution in [1.82, 2.24) is 4.90 Å². The lowest BCUT2D eigenvalue weighted by Crippen LogP contribution is -2.42. The number of benzene rings is 1. The van der Waals surface area contributed by atoms with E-state index in [4.69, 9.17) is 11.6 Å². The second-order valence-corrected chi connectivity index (χ2v) is 5.75. The van der Waals surface area contributed by atoms with Gasteiger partial charge in [-0.25, -0.2) is 4.79 Å². The molecule has 1 atom stereocenters. The SMILES string of the molecule is CC(=O)N(C(C)C)C(C(=O)O)c1cc(Br)ccc1Cl. The van der Waals surface area contributed by atoms with E-state index in [1.807, 2.05) is 0 Å². The third kappa shape index (κ3) is 3.70. The van der Waals surface area contributed by atoms with Crippen molar-refractivity contribution >= 4 is 39.4 Å². The topological polar surface area (TPSA) is 57.6 Å². The van der Waals surface area contributed by atoms with Crippen LogP contribution < -0.4 is 0 Å². The fourth-order valence-electron chi connectivity index (χ4n) is 1.97. The van der Waals surface area contributed by atoms with Crippen LogP contribution in [0.2, 0.25) is 5.02 Å². The van der Waals surface area contributed by atoms with Crippen LogP contribution >= 0.6 is 27.5 Å². The molecule has 4 nitrogen and oxygen atoms in total. The molecule has 0 aliphatic carbocycles. The molecule has 1 rings (SSSR count). The van der Waals surface area contributed by atoms with Gasteiger partial charge in [-0.05, 0) is 32.0 Å². The minimum absolute atomic E-state index is 0.242. The summed E-state index contributed by atoms with van der Waals surface area (Å²) in [5.41, 5.74) is 0.396. The van der Waals surface area contributed by atoms with Gasteiger partial charge in [-0.2, -0.15) is 0 Å². The van der Waals surface area contributed by atoms with E-state index in [9.17, 15) is 14.7 Å². The molecule has 1 aromatic rings. The van der Waals surface area contributed by atoms with Crippen LogP contribution in [0.3, 0.4) is 0 Å². The molecule has 0 aromatic heterocycles. The maximum Gasteiger partial charge on any atom is 0.331 e. The Morgan fingerprint density at radius 3 is 2.37 bits per heavy atom. The maximum atomic E-state index is 11.7. The van der Waals surface area contributed by atoms with Crippen molar-refractivity contribution in [1.29, 1.82) is 0 Å². The van der Waals surface area contributed by atoms with Gasteiger partial charge < -0.3 is 10.0 Å². The van der Waals surface area contributed by atoms with Gasteiger partial charge in [0.15, 0.2) is 6.04 Å². The number of aliphatic carboxylic acids is 1. The smallest absolute Gasteiger partial charge is 0.331 e. The predicted octanol–water partition coefficient (Wildman–Crippen LogP) is 3.49. The van der Waals surface area contributed by atoms with E-state index in [0.717, 1.165) is 0 Å². The molecule has 1 N–H and O–H groups in total. The highest BCUT2D eigenvalue weighted by atomic mass is 79.9. The van der Waals surface area contributed by atoms with Crippen LogP contribution in [0.4, 0.5) is 0 Å². The lowest BCUT2D eigenvalue weighted by atomic mass is 10.0. The minimum Gasteiger partial charge on any atom is -0.479 e. The molecule has 1 unspecified atom stereocenters. The molecule has 1 amide bonds. The van der Waals surface area contributed by atoms with E-state index < -0.39 is 12.0 Å². The number of amides is 1. The quantitative estimate of drug-likeness (QED) is 0.906. The van der Waals surface area contributed by atoms with Crippen molar-refractivity contribution in [3.05, 3.63) is 33.3 Å². The maximum absolute atomic E-state index is 11.7. The average Bonchev–Trinajstić information content (AvgIpc) is 2.27. The molecular weight excluding hydrogens is 334 g/mol. The first-order valence-corrected chi connectivity index (χ1v) is 6.89. The molecule has 19 heavy (non-hydrogen) atoms. The molecule has 0 bridgehead atoms. The van der Waals surface area contributed by atoms with Crippen LogP contribution in [0.1, 0.15) is 32.4 Å². The summed E-state index contributed by atoms with van der Waals surface area (Å²) in [5.74, 6) is -1.41. The largest absolute Gasteiger partial charge is 0.479 e. The Morgan fingerprint density at radius 1 is 1.37 bits per heavy atom. The van der Waals surface area contributed by atoms with E-state index in [-0.39, 0.29) is 11.9 Å². The summed E-state index contributed by atoms with van der Waals surface area (Å²) in [5, 5.41) is 9.76.